The average molecular weight is 420 g/mol. The summed E-state index contributed by atoms with van der Waals surface area (Å²) in [4.78, 5) is 13.8. The van der Waals surface area contributed by atoms with E-state index in [1.807, 2.05) is 37.3 Å². The third-order valence-electron chi connectivity index (χ3n) is 6.24. The van der Waals surface area contributed by atoms with Gasteiger partial charge in [0.15, 0.2) is 6.04 Å². The molecule has 7 nitrogen and oxygen atoms in total. The fourth-order valence-corrected chi connectivity index (χ4v) is 5.85. The highest BCUT2D eigenvalue weighted by molar-refractivity contribution is 7.88. The standard InChI is InChI=1S/C21H30N4O3S/c1-18(20(26)23-21(17-22)10-6-3-7-11-21)24-12-14-25(15-13-24)29(27,28)16-19-8-4-2-5-9-19/h2,4-5,8-9,18H,3,6-7,10-16H2,1H3,(H,23,26)/p+1/t18-/m0/s1. The van der Waals surface area contributed by atoms with E-state index < -0.39 is 15.6 Å². The van der Waals surface area contributed by atoms with Crippen LogP contribution in [0.1, 0.15) is 44.6 Å². The second kappa shape index (κ2) is 9.24. The van der Waals surface area contributed by atoms with Crippen molar-refractivity contribution < 1.29 is 18.1 Å². The predicted molar refractivity (Wildman–Crippen MR) is 110 cm³/mol. The van der Waals surface area contributed by atoms with Crippen molar-refractivity contribution in [3.8, 4) is 6.07 Å². The lowest BCUT2D eigenvalue weighted by Crippen LogP contribution is -3.19. The van der Waals surface area contributed by atoms with Crippen LogP contribution >= 0.6 is 0 Å². The monoisotopic (exact) mass is 419 g/mol. The van der Waals surface area contributed by atoms with Gasteiger partial charge in [-0.1, -0.05) is 49.6 Å². The first-order valence-electron chi connectivity index (χ1n) is 10.4. The summed E-state index contributed by atoms with van der Waals surface area (Å²) in [6.07, 6.45) is 4.46. The van der Waals surface area contributed by atoms with Crippen LogP contribution in [0.3, 0.4) is 0 Å². The van der Waals surface area contributed by atoms with E-state index >= 15 is 0 Å². The van der Waals surface area contributed by atoms with E-state index in [0.29, 0.717) is 39.0 Å². The number of quaternary nitrogens is 1. The molecule has 2 fully saturated rings. The molecule has 1 aliphatic carbocycles. The fraction of sp³-hybridized carbons (Fsp3) is 0.619. The van der Waals surface area contributed by atoms with Crippen molar-refractivity contribution in [2.45, 2.75) is 56.4 Å². The largest absolute Gasteiger partial charge is 0.333 e. The van der Waals surface area contributed by atoms with Gasteiger partial charge in [-0.05, 0) is 25.3 Å². The second-order valence-corrected chi connectivity index (χ2v) is 10.2. The number of hydrogen-bond acceptors (Lipinski definition) is 4. The zero-order chi connectivity index (χ0) is 20.9. The number of benzene rings is 1. The Balaban J connectivity index is 1.54. The smallest absolute Gasteiger partial charge is 0.279 e. The van der Waals surface area contributed by atoms with Crippen LogP contribution in [0.15, 0.2) is 30.3 Å². The molecule has 8 heteroatoms. The van der Waals surface area contributed by atoms with E-state index in [0.717, 1.165) is 29.7 Å². The summed E-state index contributed by atoms with van der Waals surface area (Å²) in [5, 5.41) is 12.6. The number of sulfonamides is 1. The van der Waals surface area contributed by atoms with E-state index in [2.05, 4.69) is 11.4 Å². The van der Waals surface area contributed by atoms with Crippen molar-refractivity contribution >= 4 is 15.9 Å². The first kappa shape index (κ1) is 21.8. The molecule has 0 radical (unpaired) electrons. The van der Waals surface area contributed by atoms with Gasteiger partial charge in [-0.25, -0.2) is 8.42 Å². The van der Waals surface area contributed by atoms with Crippen LogP contribution in [-0.2, 0) is 20.6 Å². The Morgan fingerprint density at radius 2 is 1.83 bits per heavy atom. The molecule has 158 valence electrons. The first-order valence-corrected chi connectivity index (χ1v) is 12.1. The van der Waals surface area contributed by atoms with E-state index in [1.54, 1.807) is 0 Å². The van der Waals surface area contributed by atoms with Crippen LogP contribution < -0.4 is 10.2 Å². The summed E-state index contributed by atoms with van der Waals surface area (Å²) in [6.45, 7) is 3.86. The molecule has 1 aliphatic heterocycles. The van der Waals surface area contributed by atoms with Gasteiger partial charge in [-0.2, -0.15) is 9.57 Å². The SMILES string of the molecule is C[C@@H](C(=O)NC1(C#N)CCCCC1)[NH+]1CCN(S(=O)(=O)Cc2ccccc2)CC1. The Hall–Kier alpha value is -1.95. The maximum Gasteiger partial charge on any atom is 0.279 e. The molecular formula is C21H31N4O3S+. The van der Waals surface area contributed by atoms with Crippen LogP contribution in [0, 0.1) is 11.3 Å². The fourth-order valence-electron chi connectivity index (χ4n) is 4.31. The molecule has 1 aromatic carbocycles. The molecule has 1 heterocycles. The quantitative estimate of drug-likeness (QED) is 0.700. The number of piperazine rings is 1. The second-order valence-electron chi connectivity index (χ2n) is 8.26. The van der Waals surface area contributed by atoms with Gasteiger partial charge in [0.05, 0.1) is 38.0 Å². The summed E-state index contributed by atoms with van der Waals surface area (Å²) in [7, 11) is -3.37. The van der Waals surface area contributed by atoms with Gasteiger partial charge in [0.25, 0.3) is 5.91 Å². The molecule has 1 amide bonds. The summed E-state index contributed by atoms with van der Waals surface area (Å²) < 4.78 is 27.0. The van der Waals surface area contributed by atoms with Crippen molar-refractivity contribution in [3.05, 3.63) is 35.9 Å². The van der Waals surface area contributed by atoms with Crippen molar-refractivity contribution in [2.24, 2.45) is 0 Å². The number of carbonyl (C=O) groups excluding carboxylic acids is 1. The molecule has 0 bridgehead atoms. The van der Waals surface area contributed by atoms with E-state index in [1.165, 1.54) is 4.31 Å². The lowest BCUT2D eigenvalue weighted by molar-refractivity contribution is -0.917. The minimum Gasteiger partial charge on any atom is -0.333 e. The molecule has 2 N–H and O–H groups in total. The van der Waals surface area contributed by atoms with Crippen molar-refractivity contribution in [1.82, 2.24) is 9.62 Å². The zero-order valence-electron chi connectivity index (χ0n) is 17.1. The van der Waals surface area contributed by atoms with E-state index in [4.69, 9.17) is 0 Å². The number of hydrogen-bond donors (Lipinski definition) is 2. The van der Waals surface area contributed by atoms with Crippen molar-refractivity contribution in [3.63, 3.8) is 0 Å². The van der Waals surface area contributed by atoms with Gasteiger partial charge in [-0.3, -0.25) is 4.79 Å². The molecule has 1 aromatic rings. The highest BCUT2D eigenvalue weighted by atomic mass is 32.2. The van der Waals surface area contributed by atoms with Gasteiger partial charge in [0, 0.05) is 0 Å². The molecule has 0 unspecified atom stereocenters. The molecule has 1 atom stereocenters. The number of rotatable bonds is 6. The van der Waals surface area contributed by atoms with Gasteiger partial charge < -0.3 is 10.2 Å². The molecule has 29 heavy (non-hydrogen) atoms. The van der Waals surface area contributed by atoms with Gasteiger partial charge in [-0.15, -0.1) is 0 Å². The summed E-state index contributed by atoms with van der Waals surface area (Å²) >= 11 is 0. The Morgan fingerprint density at radius 1 is 1.21 bits per heavy atom. The average Bonchev–Trinajstić information content (AvgIpc) is 2.74. The summed E-state index contributed by atoms with van der Waals surface area (Å²) in [6, 6.07) is 11.2. The molecule has 0 aromatic heterocycles. The minimum atomic E-state index is -3.37. The van der Waals surface area contributed by atoms with Crippen LogP contribution in [0.25, 0.3) is 0 Å². The van der Waals surface area contributed by atoms with Gasteiger partial charge in [0.2, 0.25) is 10.0 Å². The predicted octanol–water partition coefficient (Wildman–Crippen LogP) is 0.448. The highest BCUT2D eigenvalue weighted by Crippen LogP contribution is 2.27. The molecule has 1 saturated heterocycles. The Bertz CT molecular complexity index is 836. The third kappa shape index (κ3) is 5.35. The van der Waals surface area contributed by atoms with Crippen LogP contribution in [0.5, 0.6) is 0 Å². The number of nitrogens with one attached hydrogen (secondary N) is 2. The Kier molecular flexibility index (Phi) is 6.93. The van der Waals surface area contributed by atoms with E-state index in [9.17, 15) is 18.5 Å². The minimum absolute atomic E-state index is 0.00387. The normalized spacial score (nSPS) is 21.8. The van der Waals surface area contributed by atoms with Gasteiger partial charge in [0.1, 0.15) is 5.54 Å². The number of nitriles is 1. The number of carbonyl (C=O) groups is 1. The highest BCUT2D eigenvalue weighted by Gasteiger charge is 2.38. The van der Waals surface area contributed by atoms with Crippen LogP contribution in [-0.4, -0.2) is 56.4 Å². The summed E-state index contributed by atoms with van der Waals surface area (Å²) in [5.74, 6) is -0.103. The Morgan fingerprint density at radius 3 is 2.41 bits per heavy atom. The topological polar surface area (TPSA) is 94.7 Å². The van der Waals surface area contributed by atoms with Crippen molar-refractivity contribution in [1.29, 1.82) is 5.26 Å². The maximum atomic E-state index is 12.8. The summed E-state index contributed by atoms with van der Waals surface area (Å²) in [5.41, 5.74) is 0.0495. The molecule has 1 saturated carbocycles. The number of nitrogens with zero attached hydrogens (tertiary/aromatic N) is 2. The van der Waals surface area contributed by atoms with Gasteiger partial charge >= 0.3 is 0 Å². The lowest BCUT2D eigenvalue weighted by atomic mass is 9.82. The molecule has 0 spiro atoms. The Labute approximate surface area is 173 Å². The van der Waals surface area contributed by atoms with Crippen LogP contribution in [0.4, 0.5) is 0 Å². The molecular weight excluding hydrogens is 388 g/mol. The van der Waals surface area contributed by atoms with Crippen molar-refractivity contribution in [2.75, 3.05) is 26.2 Å². The first-order chi connectivity index (χ1) is 13.9. The maximum absolute atomic E-state index is 12.8. The zero-order valence-corrected chi connectivity index (χ0v) is 17.9. The molecule has 2 aliphatic rings. The third-order valence-corrected chi connectivity index (χ3v) is 8.09. The number of amides is 1. The lowest BCUT2D eigenvalue weighted by Gasteiger charge is -2.36. The van der Waals surface area contributed by atoms with E-state index in [-0.39, 0.29) is 17.7 Å². The molecule has 3 rings (SSSR count). The van der Waals surface area contributed by atoms with Crippen LogP contribution in [0.2, 0.25) is 0 Å².